The summed E-state index contributed by atoms with van der Waals surface area (Å²) in [7, 11) is 0. The van der Waals surface area contributed by atoms with E-state index in [0.717, 1.165) is 17.0 Å². The van der Waals surface area contributed by atoms with Gasteiger partial charge in [-0.2, -0.15) is 0 Å². The smallest absolute Gasteiger partial charge is 0.270 e. The average Bonchev–Trinajstić information content (AvgIpc) is 2.98. The SMILES string of the molecule is CCOCCCNC(=O)c1csc(-c2ccccc2)n1. The summed E-state index contributed by atoms with van der Waals surface area (Å²) in [6.45, 7) is 3.94. The number of thiazole rings is 1. The first-order chi connectivity index (χ1) is 9.81. The maximum Gasteiger partial charge on any atom is 0.270 e. The highest BCUT2D eigenvalue weighted by Gasteiger charge is 2.10. The van der Waals surface area contributed by atoms with Crippen molar-refractivity contribution in [1.82, 2.24) is 10.3 Å². The van der Waals surface area contributed by atoms with Gasteiger partial charge in [-0.15, -0.1) is 11.3 Å². The van der Waals surface area contributed by atoms with E-state index in [2.05, 4.69) is 10.3 Å². The molecule has 0 aliphatic heterocycles. The zero-order valence-corrected chi connectivity index (χ0v) is 12.3. The molecule has 20 heavy (non-hydrogen) atoms. The minimum absolute atomic E-state index is 0.125. The van der Waals surface area contributed by atoms with Crippen LogP contribution in [0, 0.1) is 0 Å². The fourth-order valence-electron chi connectivity index (χ4n) is 1.70. The van der Waals surface area contributed by atoms with E-state index in [1.807, 2.05) is 37.3 Å². The monoisotopic (exact) mass is 290 g/mol. The maximum absolute atomic E-state index is 11.9. The molecule has 0 atom stereocenters. The van der Waals surface area contributed by atoms with Crippen molar-refractivity contribution in [2.75, 3.05) is 19.8 Å². The third-order valence-electron chi connectivity index (χ3n) is 2.71. The third-order valence-corrected chi connectivity index (χ3v) is 3.60. The Balaban J connectivity index is 1.87. The van der Waals surface area contributed by atoms with Gasteiger partial charge in [-0.1, -0.05) is 30.3 Å². The van der Waals surface area contributed by atoms with E-state index >= 15 is 0 Å². The van der Waals surface area contributed by atoms with E-state index in [9.17, 15) is 4.79 Å². The molecule has 2 aromatic rings. The zero-order chi connectivity index (χ0) is 14.2. The summed E-state index contributed by atoms with van der Waals surface area (Å²) in [5.74, 6) is -0.125. The van der Waals surface area contributed by atoms with Crippen molar-refractivity contribution in [2.24, 2.45) is 0 Å². The highest BCUT2D eigenvalue weighted by molar-refractivity contribution is 7.13. The van der Waals surface area contributed by atoms with Gasteiger partial charge in [-0.05, 0) is 13.3 Å². The third kappa shape index (κ3) is 4.15. The predicted molar refractivity (Wildman–Crippen MR) is 81.0 cm³/mol. The summed E-state index contributed by atoms with van der Waals surface area (Å²) >= 11 is 1.48. The predicted octanol–water partition coefficient (Wildman–Crippen LogP) is 2.97. The molecule has 0 bridgehead atoms. The van der Waals surface area contributed by atoms with Gasteiger partial charge < -0.3 is 10.1 Å². The van der Waals surface area contributed by atoms with Crippen LogP contribution in [0.15, 0.2) is 35.7 Å². The van der Waals surface area contributed by atoms with Crippen LogP contribution in [-0.2, 0) is 4.74 Å². The molecule has 0 radical (unpaired) electrons. The summed E-state index contributed by atoms with van der Waals surface area (Å²) in [4.78, 5) is 16.3. The quantitative estimate of drug-likeness (QED) is 0.798. The molecule has 1 N–H and O–H groups in total. The van der Waals surface area contributed by atoms with Crippen LogP contribution in [0.1, 0.15) is 23.8 Å². The summed E-state index contributed by atoms with van der Waals surface area (Å²) in [6, 6.07) is 9.86. The minimum atomic E-state index is -0.125. The molecular weight excluding hydrogens is 272 g/mol. The molecule has 106 valence electrons. The average molecular weight is 290 g/mol. The Morgan fingerprint density at radius 1 is 1.35 bits per heavy atom. The van der Waals surface area contributed by atoms with Gasteiger partial charge in [0, 0.05) is 30.7 Å². The number of ether oxygens (including phenoxy) is 1. The Morgan fingerprint density at radius 3 is 2.90 bits per heavy atom. The van der Waals surface area contributed by atoms with Crippen LogP contribution in [-0.4, -0.2) is 30.6 Å². The van der Waals surface area contributed by atoms with Crippen LogP contribution >= 0.6 is 11.3 Å². The van der Waals surface area contributed by atoms with Crippen molar-refractivity contribution in [3.63, 3.8) is 0 Å². The van der Waals surface area contributed by atoms with Crippen molar-refractivity contribution < 1.29 is 9.53 Å². The molecule has 4 nitrogen and oxygen atoms in total. The minimum Gasteiger partial charge on any atom is -0.382 e. The molecule has 0 aliphatic rings. The first-order valence-electron chi connectivity index (χ1n) is 6.68. The van der Waals surface area contributed by atoms with Crippen molar-refractivity contribution in [2.45, 2.75) is 13.3 Å². The highest BCUT2D eigenvalue weighted by Crippen LogP contribution is 2.23. The molecule has 0 saturated heterocycles. The van der Waals surface area contributed by atoms with Gasteiger partial charge in [-0.25, -0.2) is 4.98 Å². The first-order valence-corrected chi connectivity index (χ1v) is 7.56. The number of carbonyl (C=O) groups excluding carboxylic acids is 1. The molecule has 0 fully saturated rings. The van der Waals surface area contributed by atoms with Crippen molar-refractivity contribution >= 4 is 17.2 Å². The van der Waals surface area contributed by atoms with Crippen LogP contribution in [0.2, 0.25) is 0 Å². The van der Waals surface area contributed by atoms with Gasteiger partial charge in [0.15, 0.2) is 0 Å². The summed E-state index contributed by atoms with van der Waals surface area (Å²) in [5, 5.41) is 5.51. The molecule has 2 rings (SSSR count). The molecule has 1 aromatic carbocycles. The summed E-state index contributed by atoms with van der Waals surface area (Å²) in [5.41, 5.74) is 1.51. The molecule has 5 heteroatoms. The number of rotatable bonds is 7. The summed E-state index contributed by atoms with van der Waals surface area (Å²) < 4.78 is 5.22. The van der Waals surface area contributed by atoms with Gasteiger partial charge in [0.2, 0.25) is 0 Å². The molecular formula is C15H18N2O2S. The molecule has 0 aliphatic carbocycles. The van der Waals surface area contributed by atoms with E-state index in [1.165, 1.54) is 11.3 Å². The molecule has 1 aromatic heterocycles. The van der Waals surface area contributed by atoms with Gasteiger partial charge in [0.05, 0.1) is 0 Å². The van der Waals surface area contributed by atoms with Crippen molar-refractivity contribution in [3.05, 3.63) is 41.4 Å². The Morgan fingerprint density at radius 2 is 2.15 bits per heavy atom. The topological polar surface area (TPSA) is 51.2 Å². The number of benzene rings is 1. The number of nitrogens with one attached hydrogen (secondary N) is 1. The number of amides is 1. The number of hydrogen-bond donors (Lipinski definition) is 1. The van der Waals surface area contributed by atoms with Crippen LogP contribution in [0.25, 0.3) is 10.6 Å². The van der Waals surface area contributed by atoms with E-state index < -0.39 is 0 Å². The molecule has 0 spiro atoms. The second-order valence-electron chi connectivity index (χ2n) is 4.21. The van der Waals surface area contributed by atoms with Crippen molar-refractivity contribution in [3.8, 4) is 10.6 Å². The maximum atomic E-state index is 11.9. The molecule has 1 heterocycles. The van der Waals surface area contributed by atoms with E-state index in [4.69, 9.17) is 4.74 Å². The largest absolute Gasteiger partial charge is 0.382 e. The van der Waals surface area contributed by atoms with Crippen LogP contribution in [0.5, 0.6) is 0 Å². The van der Waals surface area contributed by atoms with Crippen LogP contribution < -0.4 is 5.32 Å². The van der Waals surface area contributed by atoms with Crippen LogP contribution in [0.3, 0.4) is 0 Å². The lowest BCUT2D eigenvalue weighted by Crippen LogP contribution is -2.25. The van der Waals surface area contributed by atoms with E-state index in [1.54, 1.807) is 5.38 Å². The number of carbonyl (C=O) groups is 1. The number of aromatic nitrogens is 1. The zero-order valence-electron chi connectivity index (χ0n) is 11.5. The second-order valence-corrected chi connectivity index (χ2v) is 5.07. The standard InChI is InChI=1S/C15H18N2O2S/c1-2-19-10-6-9-16-14(18)13-11-20-15(17-13)12-7-4-3-5-8-12/h3-5,7-8,11H,2,6,9-10H2,1H3,(H,16,18). The van der Waals surface area contributed by atoms with Gasteiger partial charge >= 0.3 is 0 Å². The normalized spacial score (nSPS) is 10.4. The fraction of sp³-hybridized carbons (Fsp3) is 0.333. The Labute approximate surface area is 122 Å². The number of nitrogens with zero attached hydrogens (tertiary/aromatic N) is 1. The second kappa shape index (κ2) is 7.77. The lowest BCUT2D eigenvalue weighted by molar-refractivity contribution is 0.0940. The van der Waals surface area contributed by atoms with E-state index in [0.29, 0.717) is 25.5 Å². The lowest BCUT2D eigenvalue weighted by atomic mass is 10.2. The van der Waals surface area contributed by atoms with Gasteiger partial charge in [-0.3, -0.25) is 4.79 Å². The molecule has 0 saturated carbocycles. The van der Waals surface area contributed by atoms with E-state index in [-0.39, 0.29) is 5.91 Å². The fourth-order valence-corrected chi connectivity index (χ4v) is 2.51. The molecule has 0 unspecified atom stereocenters. The van der Waals surface area contributed by atoms with Gasteiger partial charge in [0.25, 0.3) is 5.91 Å². The first kappa shape index (κ1) is 14.7. The molecule has 1 amide bonds. The summed E-state index contributed by atoms with van der Waals surface area (Å²) in [6.07, 6.45) is 0.815. The van der Waals surface area contributed by atoms with Crippen LogP contribution in [0.4, 0.5) is 0 Å². The number of hydrogen-bond acceptors (Lipinski definition) is 4. The van der Waals surface area contributed by atoms with Crippen molar-refractivity contribution in [1.29, 1.82) is 0 Å². The highest BCUT2D eigenvalue weighted by atomic mass is 32.1. The lowest BCUT2D eigenvalue weighted by Gasteiger charge is -2.03. The van der Waals surface area contributed by atoms with Gasteiger partial charge in [0.1, 0.15) is 10.7 Å². The Hall–Kier alpha value is -1.72. The Bertz CT molecular complexity index is 540. The Kier molecular flexibility index (Phi) is 5.70.